The molecule has 0 radical (unpaired) electrons. The van der Waals surface area contributed by atoms with Crippen LogP contribution in [-0.2, 0) is 4.74 Å². The van der Waals surface area contributed by atoms with Gasteiger partial charge in [-0.2, -0.15) is 13.2 Å². The first-order valence-corrected chi connectivity index (χ1v) is 3.87. The number of hydrogen-bond acceptors (Lipinski definition) is 3. The monoisotopic (exact) mass is 220 g/mol. The summed E-state index contributed by atoms with van der Waals surface area (Å²) in [6.45, 7) is -1.61. The van der Waals surface area contributed by atoms with Gasteiger partial charge < -0.3 is 4.74 Å². The summed E-state index contributed by atoms with van der Waals surface area (Å²) in [5.74, 6) is 0. The van der Waals surface area contributed by atoms with Gasteiger partial charge in [-0.15, -0.1) is 0 Å². The van der Waals surface area contributed by atoms with Crippen LogP contribution in [0.4, 0.5) is 18.0 Å². The number of aliphatic imine (C=N–C) groups is 1. The normalized spacial score (nSPS) is 15.3. The topological polar surface area (TPSA) is 41.9 Å². The number of hydrogen-bond donors (Lipinski definition) is 0. The third-order valence-electron chi connectivity index (χ3n) is 1.30. The van der Waals surface area contributed by atoms with E-state index < -0.39 is 18.9 Å². The highest BCUT2D eigenvalue weighted by Gasteiger charge is 2.30. The second-order valence-electron chi connectivity index (χ2n) is 2.51. The zero-order chi connectivity index (χ0) is 11.3. The summed E-state index contributed by atoms with van der Waals surface area (Å²) >= 11 is 0. The van der Waals surface area contributed by atoms with Gasteiger partial charge in [0.15, 0.2) is 6.61 Å². The number of halogens is 3. The molecule has 0 aliphatic carbocycles. The molecule has 0 fully saturated rings. The molecule has 4 nitrogen and oxygen atoms in total. The minimum atomic E-state index is -4.52. The highest BCUT2D eigenvalue weighted by molar-refractivity contribution is 5.76. The van der Waals surface area contributed by atoms with E-state index in [1.807, 2.05) is 0 Å². The Bertz CT molecular complexity index is 304. The zero-order valence-electron chi connectivity index (χ0n) is 7.44. The highest BCUT2D eigenvalue weighted by atomic mass is 19.4. The molecule has 82 valence electrons. The summed E-state index contributed by atoms with van der Waals surface area (Å²) in [5, 5.41) is 0. The lowest BCUT2D eigenvalue weighted by molar-refractivity contribution is -0.161. The maximum absolute atomic E-state index is 11.7. The van der Waals surface area contributed by atoms with Crippen LogP contribution in [0, 0.1) is 0 Å². The lowest BCUT2D eigenvalue weighted by Crippen LogP contribution is -2.26. The van der Waals surface area contributed by atoms with Gasteiger partial charge in [0.05, 0.1) is 0 Å². The number of allylic oxidation sites excluding steroid dienone is 1. The second-order valence-corrected chi connectivity index (χ2v) is 2.51. The van der Waals surface area contributed by atoms with Gasteiger partial charge in [-0.3, -0.25) is 9.89 Å². The fourth-order valence-electron chi connectivity index (χ4n) is 0.730. The molecule has 1 aliphatic rings. The summed E-state index contributed by atoms with van der Waals surface area (Å²) in [6.07, 6.45) is 0.845. The standard InChI is InChI=1S/C8H7F3N2O2/c9-8(10,11)6-15-7(14)13-4-1-2-12-3-5-13/h1-5H,6H2. The fraction of sp³-hybridized carbons (Fsp3) is 0.250. The number of amides is 1. The molecule has 0 bridgehead atoms. The van der Waals surface area contributed by atoms with Crippen molar-refractivity contribution in [2.45, 2.75) is 6.18 Å². The first kappa shape index (κ1) is 11.3. The van der Waals surface area contributed by atoms with E-state index in [4.69, 9.17) is 0 Å². The average molecular weight is 220 g/mol. The SMILES string of the molecule is O=C(OCC(F)(F)F)N1C=CC=NC=C1. The summed E-state index contributed by atoms with van der Waals surface area (Å²) in [4.78, 5) is 15.6. The molecule has 0 aromatic carbocycles. The van der Waals surface area contributed by atoms with Crippen LogP contribution < -0.4 is 0 Å². The maximum atomic E-state index is 11.7. The molecule has 0 atom stereocenters. The molecule has 0 saturated carbocycles. The van der Waals surface area contributed by atoms with Crippen molar-refractivity contribution in [2.75, 3.05) is 6.61 Å². The summed E-state index contributed by atoms with van der Waals surface area (Å²) in [5.41, 5.74) is 0. The third-order valence-corrected chi connectivity index (χ3v) is 1.30. The van der Waals surface area contributed by atoms with E-state index in [1.165, 1.54) is 30.9 Å². The summed E-state index contributed by atoms with van der Waals surface area (Å²) in [7, 11) is 0. The van der Waals surface area contributed by atoms with E-state index in [0.717, 1.165) is 4.90 Å². The van der Waals surface area contributed by atoms with Gasteiger partial charge in [-0.05, 0) is 6.08 Å². The van der Waals surface area contributed by atoms with Crippen molar-refractivity contribution in [1.82, 2.24) is 4.90 Å². The molecule has 0 aromatic rings. The van der Waals surface area contributed by atoms with Gasteiger partial charge in [0, 0.05) is 24.8 Å². The first-order chi connectivity index (χ1) is 6.99. The van der Waals surface area contributed by atoms with Gasteiger partial charge >= 0.3 is 12.3 Å². The van der Waals surface area contributed by atoms with E-state index >= 15 is 0 Å². The quantitative estimate of drug-likeness (QED) is 0.678. The molecule has 1 rings (SSSR count). The Labute approximate surface area is 83.3 Å². The van der Waals surface area contributed by atoms with Gasteiger partial charge in [0.25, 0.3) is 0 Å². The number of ether oxygens (including phenoxy) is 1. The van der Waals surface area contributed by atoms with E-state index in [9.17, 15) is 18.0 Å². The number of carbonyl (C=O) groups excluding carboxylic acids is 1. The van der Waals surface area contributed by atoms with Crippen molar-refractivity contribution in [3.05, 3.63) is 24.7 Å². The first-order valence-electron chi connectivity index (χ1n) is 3.87. The maximum Gasteiger partial charge on any atom is 0.422 e. The number of nitrogens with zero attached hydrogens (tertiary/aromatic N) is 2. The van der Waals surface area contributed by atoms with E-state index in [2.05, 4.69) is 9.73 Å². The molecule has 1 heterocycles. The van der Waals surface area contributed by atoms with E-state index in [-0.39, 0.29) is 0 Å². The number of alkyl halides is 3. The van der Waals surface area contributed by atoms with Crippen molar-refractivity contribution in [1.29, 1.82) is 0 Å². The summed E-state index contributed by atoms with van der Waals surface area (Å²) < 4.78 is 39.1. The Morgan fingerprint density at radius 2 is 2.13 bits per heavy atom. The Balaban J connectivity index is 2.47. The Hall–Kier alpha value is -1.79. The van der Waals surface area contributed by atoms with Crippen molar-refractivity contribution < 1.29 is 22.7 Å². The number of carbonyl (C=O) groups is 1. The zero-order valence-corrected chi connectivity index (χ0v) is 7.44. The molecule has 0 unspecified atom stereocenters. The molecule has 0 saturated heterocycles. The summed E-state index contributed by atoms with van der Waals surface area (Å²) in [6, 6.07) is 0. The predicted octanol–water partition coefficient (Wildman–Crippen LogP) is 2.06. The molecule has 0 N–H and O–H groups in total. The van der Waals surface area contributed by atoms with Gasteiger partial charge in [-0.1, -0.05) is 0 Å². The second kappa shape index (κ2) is 4.63. The minimum absolute atomic E-state index is 0.860. The molecule has 1 aliphatic heterocycles. The lowest BCUT2D eigenvalue weighted by Gasteiger charge is -2.13. The Morgan fingerprint density at radius 1 is 1.40 bits per heavy atom. The van der Waals surface area contributed by atoms with Crippen molar-refractivity contribution in [3.63, 3.8) is 0 Å². The third kappa shape index (κ3) is 4.30. The Kier molecular flexibility index (Phi) is 3.48. The fourth-order valence-corrected chi connectivity index (χ4v) is 0.730. The smallest absolute Gasteiger partial charge is 0.422 e. The van der Waals surface area contributed by atoms with Gasteiger partial charge in [-0.25, -0.2) is 4.79 Å². The average Bonchev–Trinajstić information content (AvgIpc) is 2.41. The molecular weight excluding hydrogens is 213 g/mol. The van der Waals surface area contributed by atoms with Crippen molar-refractivity contribution in [3.8, 4) is 0 Å². The van der Waals surface area contributed by atoms with Crippen LogP contribution >= 0.6 is 0 Å². The van der Waals surface area contributed by atoms with Crippen LogP contribution in [0.1, 0.15) is 0 Å². The molecule has 15 heavy (non-hydrogen) atoms. The largest absolute Gasteiger partial charge is 0.439 e. The van der Waals surface area contributed by atoms with Crippen molar-refractivity contribution in [2.24, 2.45) is 4.99 Å². The Morgan fingerprint density at radius 3 is 2.80 bits per heavy atom. The van der Waals surface area contributed by atoms with Crippen LogP contribution in [0.25, 0.3) is 0 Å². The van der Waals surface area contributed by atoms with Crippen LogP contribution in [0.2, 0.25) is 0 Å². The lowest BCUT2D eigenvalue weighted by atomic mass is 10.6. The van der Waals surface area contributed by atoms with Crippen LogP contribution in [0.15, 0.2) is 29.7 Å². The van der Waals surface area contributed by atoms with Crippen LogP contribution in [0.5, 0.6) is 0 Å². The molecular formula is C8H7F3N2O2. The van der Waals surface area contributed by atoms with Crippen LogP contribution in [-0.4, -0.2) is 30.0 Å². The molecule has 7 heteroatoms. The van der Waals surface area contributed by atoms with Gasteiger partial charge in [0.1, 0.15) is 0 Å². The number of rotatable bonds is 1. The molecule has 0 aromatic heterocycles. The molecule has 0 spiro atoms. The predicted molar refractivity (Wildman–Crippen MR) is 46.0 cm³/mol. The van der Waals surface area contributed by atoms with Gasteiger partial charge in [0.2, 0.25) is 0 Å². The van der Waals surface area contributed by atoms with Crippen molar-refractivity contribution >= 4 is 12.3 Å². The minimum Gasteiger partial charge on any atom is -0.439 e. The van der Waals surface area contributed by atoms with E-state index in [0.29, 0.717) is 0 Å². The van der Waals surface area contributed by atoms with Crippen LogP contribution in [0.3, 0.4) is 0 Å². The highest BCUT2D eigenvalue weighted by Crippen LogP contribution is 2.15. The van der Waals surface area contributed by atoms with E-state index in [1.54, 1.807) is 0 Å². The molecule has 1 amide bonds.